The highest BCUT2D eigenvalue weighted by Crippen LogP contribution is 2.30. The number of ether oxygens (including phenoxy) is 1. The minimum absolute atomic E-state index is 0.0155. The maximum atomic E-state index is 13.9. The summed E-state index contributed by atoms with van der Waals surface area (Å²) in [5.41, 5.74) is 3.75. The fourth-order valence-corrected chi connectivity index (χ4v) is 5.22. The Bertz CT molecular complexity index is 1570. The Hall–Kier alpha value is -4.72. The van der Waals surface area contributed by atoms with E-state index in [9.17, 15) is 14.7 Å². The average Bonchev–Trinajstić information content (AvgIpc) is 3.31. The first-order chi connectivity index (χ1) is 20.2. The van der Waals surface area contributed by atoms with Crippen molar-refractivity contribution in [2.45, 2.75) is 45.6 Å². The molecule has 2 heterocycles. The van der Waals surface area contributed by atoms with Gasteiger partial charge in [-0.1, -0.05) is 83.6 Å². The van der Waals surface area contributed by atoms with E-state index in [1.807, 2.05) is 75.4 Å². The second kappa shape index (κ2) is 12.4. The average molecular weight is 565 g/mol. The summed E-state index contributed by atoms with van der Waals surface area (Å²) in [6.07, 6.45) is 3.25. The summed E-state index contributed by atoms with van der Waals surface area (Å²) in [4.78, 5) is 28.7. The van der Waals surface area contributed by atoms with E-state index < -0.39 is 5.60 Å². The van der Waals surface area contributed by atoms with Gasteiger partial charge in [0.2, 0.25) is 0 Å². The van der Waals surface area contributed by atoms with Crippen molar-refractivity contribution in [1.82, 2.24) is 19.9 Å². The van der Waals surface area contributed by atoms with Crippen molar-refractivity contribution in [3.63, 3.8) is 0 Å². The summed E-state index contributed by atoms with van der Waals surface area (Å²) in [5.74, 6) is -0.0463. The number of benzene rings is 3. The van der Waals surface area contributed by atoms with Gasteiger partial charge in [0.05, 0.1) is 5.69 Å². The van der Waals surface area contributed by atoms with Crippen LogP contribution < -0.4 is 0 Å². The molecule has 0 radical (unpaired) electrons. The maximum absolute atomic E-state index is 13.9. The van der Waals surface area contributed by atoms with Crippen LogP contribution in [0.2, 0.25) is 0 Å². The molecular formula is C34H36N4O4. The molecule has 4 aromatic rings. The van der Waals surface area contributed by atoms with E-state index in [2.05, 4.69) is 28.5 Å². The van der Waals surface area contributed by atoms with Crippen LogP contribution in [0.3, 0.4) is 0 Å². The number of nitrogens with zero attached hydrogens (tertiary/aromatic N) is 4. The SMILES string of the molecule is CC(C)(C)OC(=O)N1CCC(CC(=O)c2nnn(-c3cccc(O)c3)c2-c2ccccc2)=C[C@H](Cc2ccccc2)C1. The molecule has 5 rings (SSSR count). The lowest BCUT2D eigenvalue weighted by molar-refractivity contribution is 0.0239. The van der Waals surface area contributed by atoms with Crippen LogP contribution in [0.25, 0.3) is 16.9 Å². The van der Waals surface area contributed by atoms with Crippen molar-refractivity contribution >= 4 is 11.9 Å². The van der Waals surface area contributed by atoms with Gasteiger partial charge in [0.1, 0.15) is 17.0 Å². The van der Waals surface area contributed by atoms with E-state index in [1.165, 1.54) is 0 Å². The number of Topliss-reactive ketones (excluding diaryl/α,β-unsaturated/α-hetero) is 1. The molecule has 0 saturated heterocycles. The molecule has 0 fully saturated rings. The number of carbonyl (C=O) groups excluding carboxylic acids is 2. The van der Waals surface area contributed by atoms with Crippen LogP contribution in [0, 0.1) is 5.92 Å². The first-order valence-electron chi connectivity index (χ1n) is 14.2. The second-order valence-corrected chi connectivity index (χ2v) is 11.6. The minimum atomic E-state index is -0.597. The molecular weight excluding hydrogens is 528 g/mol. The van der Waals surface area contributed by atoms with Gasteiger partial charge in [-0.05, 0) is 57.2 Å². The molecule has 0 unspecified atom stereocenters. The first kappa shape index (κ1) is 28.8. The Morgan fingerprint density at radius 3 is 2.38 bits per heavy atom. The van der Waals surface area contributed by atoms with Gasteiger partial charge in [-0.2, -0.15) is 0 Å². The highest BCUT2D eigenvalue weighted by molar-refractivity contribution is 6.01. The van der Waals surface area contributed by atoms with Gasteiger partial charge in [-0.3, -0.25) is 4.79 Å². The summed E-state index contributed by atoms with van der Waals surface area (Å²) >= 11 is 0. The highest BCUT2D eigenvalue weighted by Gasteiger charge is 2.29. The predicted octanol–water partition coefficient (Wildman–Crippen LogP) is 6.64. The lowest BCUT2D eigenvalue weighted by Gasteiger charge is -2.28. The second-order valence-electron chi connectivity index (χ2n) is 11.6. The molecule has 1 N–H and O–H groups in total. The van der Waals surface area contributed by atoms with Crippen LogP contribution in [-0.2, 0) is 11.2 Å². The number of rotatable bonds is 7. The van der Waals surface area contributed by atoms with Crippen molar-refractivity contribution in [2.24, 2.45) is 5.92 Å². The lowest BCUT2D eigenvalue weighted by atomic mass is 9.94. The van der Waals surface area contributed by atoms with E-state index in [-0.39, 0.29) is 35.7 Å². The summed E-state index contributed by atoms with van der Waals surface area (Å²) < 4.78 is 7.28. The molecule has 0 spiro atoms. The first-order valence-corrected chi connectivity index (χ1v) is 14.2. The van der Waals surface area contributed by atoms with Crippen LogP contribution in [0.15, 0.2) is 96.6 Å². The van der Waals surface area contributed by atoms with E-state index in [0.29, 0.717) is 30.9 Å². The summed E-state index contributed by atoms with van der Waals surface area (Å²) in [7, 11) is 0. The molecule has 216 valence electrons. The number of aromatic hydroxyl groups is 1. The van der Waals surface area contributed by atoms with Crippen LogP contribution >= 0.6 is 0 Å². The third-order valence-electron chi connectivity index (χ3n) is 7.07. The molecule has 8 nitrogen and oxygen atoms in total. The molecule has 1 atom stereocenters. The van der Waals surface area contributed by atoms with Crippen LogP contribution in [0.1, 0.15) is 49.7 Å². The van der Waals surface area contributed by atoms with E-state index in [0.717, 1.165) is 23.1 Å². The van der Waals surface area contributed by atoms with E-state index >= 15 is 0 Å². The van der Waals surface area contributed by atoms with Crippen molar-refractivity contribution in [3.8, 4) is 22.7 Å². The zero-order chi connectivity index (χ0) is 29.7. The number of ketones is 1. The normalized spacial score (nSPS) is 15.5. The van der Waals surface area contributed by atoms with Gasteiger partial charge in [0.25, 0.3) is 0 Å². The number of carbonyl (C=O) groups is 2. The number of hydrogen-bond acceptors (Lipinski definition) is 6. The number of hydrogen-bond donors (Lipinski definition) is 1. The lowest BCUT2D eigenvalue weighted by Crippen LogP contribution is -2.39. The molecule has 1 aliphatic rings. The number of aromatic nitrogens is 3. The molecule has 8 heteroatoms. The molecule has 1 aliphatic heterocycles. The van der Waals surface area contributed by atoms with Gasteiger partial charge >= 0.3 is 6.09 Å². The van der Waals surface area contributed by atoms with Gasteiger partial charge < -0.3 is 14.7 Å². The minimum Gasteiger partial charge on any atom is -0.508 e. The van der Waals surface area contributed by atoms with Crippen molar-refractivity contribution in [2.75, 3.05) is 13.1 Å². The topological polar surface area (TPSA) is 97.5 Å². The summed E-state index contributed by atoms with van der Waals surface area (Å²) in [6, 6.07) is 26.4. The smallest absolute Gasteiger partial charge is 0.410 e. The van der Waals surface area contributed by atoms with Crippen LogP contribution in [0.4, 0.5) is 4.79 Å². The molecule has 1 amide bonds. The largest absolute Gasteiger partial charge is 0.508 e. The summed E-state index contributed by atoms with van der Waals surface area (Å²) in [6.45, 7) is 6.55. The van der Waals surface area contributed by atoms with Gasteiger partial charge in [0, 0.05) is 31.1 Å². The fraction of sp³-hybridized carbons (Fsp3) is 0.294. The molecule has 0 aliphatic carbocycles. The molecule has 0 bridgehead atoms. The van der Waals surface area contributed by atoms with Crippen molar-refractivity contribution in [1.29, 1.82) is 0 Å². The third kappa shape index (κ3) is 7.13. The van der Waals surface area contributed by atoms with Crippen LogP contribution in [-0.4, -0.2) is 55.6 Å². The van der Waals surface area contributed by atoms with Crippen molar-refractivity contribution < 1.29 is 19.4 Å². The Morgan fingerprint density at radius 2 is 1.69 bits per heavy atom. The fourth-order valence-electron chi connectivity index (χ4n) is 5.22. The number of phenols is 1. The Labute approximate surface area is 246 Å². The Kier molecular flexibility index (Phi) is 8.52. The van der Waals surface area contributed by atoms with Gasteiger partial charge in [0.15, 0.2) is 11.5 Å². The zero-order valence-corrected chi connectivity index (χ0v) is 24.2. The monoisotopic (exact) mass is 564 g/mol. The van der Waals surface area contributed by atoms with Crippen LogP contribution in [0.5, 0.6) is 5.75 Å². The molecule has 1 aromatic heterocycles. The zero-order valence-electron chi connectivity index (χ0n) is 24.2. The third-order valence-corrected chi connectivity index (χ3v) is 7.07. The number of phenolic OH excluding ortho intramolecular Hbond substituents is 1. The Balaban J connectivity index is 1.44. The van der Waals surface area contributed by atoms with Gasteiger partial charge in [-0.25, -0.2) is 9.48 Å². The van der Waals surface area contributed by atoms with Crippen molar-refractivity contribution in [3.05, 3.63) is 108 Å². The quantitative estimate of drug-likeness (QED) is 0.200. The molecule has 3 aromatic carbocycles. The standard InChI is InChI=1S/C34H36N4O4/c1-34(2,3)42-33(41)37-18-17-25(20-26(23-37)19-24-11-6-4-7-12-24)21-30(40)31-32(27-13-8-5-9-14-27)38(36-35-31)28-15-10-16-29(39)22-28/h4-16,20,22,26,39H,17-19,21,23H2,1-3H3/t26-/m0/s1. The summed E-state index contributed by atoms with van der Waals surface area (Å²) in [5, 5.41) is 18.7. The Morgan fingerprint density at radius 1 is 0.976 bits per heavy atom. The number of amides is 1. The molecule has 42 heavy (non-hydrogen) atoms. The van der Waals surface area contributed by atoms with Gasteiger partial charge in [-0.15, -0.1) is 5.10 Å². The van der Waals surface area contributed by atoms with E-state index in [4.69, 9.17) is 4.74 Å². The highest BCUT2D eigenvalue weighted by atomic mass is 16.6. The molecule has 0 saturated carbocycles. The van der Waals surface area contributed by atoms with E-state index in [1.54, 1.807) is 27.8 Å². The predicted molar refractivity (Wildman–Crippen MR) is 162 cm³/mol. The maximum Gasteiger partial charge on any atom is 0.410 e.